The van der Waals surface area contributed by atoms with Crippen LogP contribution in [-0.4, -0.2) is 42.3 Å². The molecule has 0 aromatic heterocycles. The van der Waals surface area contributed by atoms with Crippen LogP contribution in [0.2, 0.25) is 0 Å². The quantitative estimate of drug-likeness (QED) is 0.543. The normalized spacial score (nSPS) is 19.8. The van der Waals surface area contributed by atoms with E-state index in [-0.39, 0.29) is 31.3 Å². The molecule has 2 amide bonds. The molecule has 5 rings (SSSR count). The van der Waals surface area contributed by atoms with E-state index < -0.39 is 18.1 Å². The smallest absolute Gasteiger partial charge is 0.407 e. The third-order valence-corrected chi connectivity index (χ3v) is 7.37. The van der Waals surface area contributed by atoms with Crippen LogP contribution in [0.25, 0.3) is 11.1 Å². The van der Waals surface area contributed by atoms with Crippen molar-refractivity contribution in [1.82, 2.24) is 10.6 Å². The molecular formula is C26H28N2O5. The lowest BCUT2D eigenvalue weighted by atomic mass is 9.98. The zero-order chi connectivity index (χ0) is 23.0. The van der Waals surface area contributed by atoms with Gasteiger partial charge < -0.3 is 20.5 Å². The Bertz CT molecular complexity index is 1050. The van der Waals surface area contributed by atoms with E-state index in [0.717, 1.165) is 28.7 Å². The zero-order valence-electron chi connectivity index (χ0n) is 18.4. The van der Waals surface area contributed by atoms with Gasteiger partial charge in [-0.3, -0.25) is 9.59 Å². The van der Waals surface area contributed by atoms with E-state index in [2.05, 4.69) is 22.8 Å². The first kappa shape index (κ1) is 21.5. The summed E-state index contributed by atoms with van der Waals surface area (Å²) >= 11 is 0. The molecule has 2 unspecified atom stereocenters. The first-order chi connectivity index (χ1) is 16.0. The number of alkyl carbamates (subject to hydrolysis) is 1. The molecule has 2 atom stereocenters. The van der Waals surface area contributed by atoms with Gasteiger partial charge in [-0.05, 0) is 59.3 Å². The number of benzene rings is 2. The van der Waals surface area contributed by atoms with Crippen molar-refractivity contribution in [2.45, 2.75) is 44.1 Å². The third kappa shape index (κ3) is 4.45. The van der Waals surface area contributed by atoms with Crippen molar-refractivity contribution in [3.63, 3.8) is 0 Å². The fourth-order valence-electron chi connectivity index (χ4n) is 5.16. The molecule has 172 valence electrons. The molecular weight excluding hydrogens is 420 g/mol. The van der Waals surface area contributed by atoms with Gasteiger partial charge in [-0.25, -0.2) is 4.79 Å². The highest BCUT2D eigenvalue weighted by Gasteiger charge is 2.62. The number of fused-ring (bicyclic) bond motifs is 3. The number of amides is 2. The molecule has 0 heterocycles. The minimum absolute atomic E-state index is 0.0151. The fraction of sp³-hybridized carbons (Fsp3) is 0.423. The summed E-state index contributed by atoms with van der Waals surface area (Å²) in [4.78, 5) is 36.3. The van der Waals surface area contributed by atoms with Crippen LogP contribution in [0.5, 0.6) is 0 Å². The minimum atomic E-state index is -1.01. The van der Waals surface area contributed by atoms with Crippen molar-refractivity contribution in [2.24, 2.45) is 11.3 Å². The van der Waals surface area contributed by atoms with Crippen molar-refractivity contribution in [3.8, 4) is 11.1 Å². The van der Waals surface area contributed by atoms with E-state index in [9.17, 15) is 14.4 Å². The molecule has 3 aliphatic rings. The Morgan fingerprint density at radius 1 is 1.03 bits per heavy atom. The van der Waals surface area contributed by atoms with Crippen LogP contribution in [0, 0.1) is 11.3 Å². The van der Waals surface area contributed by atoms with Crippen LogP contribution in [-0.2, 0) is 14.3 Å². The van der Waals surface area contributed by atoms with Crippen LogP contribution < -0.4 is 10.6 Å². The van der Waals surface area contributed by atoms with Gasteiger partial charge in [-0.2, -0.15) is 0 Å². The van der Waals surface area contributed by atoms with Crippen LogP contribution in [0.1, 0.15) is 49.1 Å². The lowest BCUT2D eigenvalue weighted by Gasteiger charge is -2.19. The molecule has 7 heteroatoms. The average Bonchev–Trinajstić information content (AvgIpc) is 3.72. The van der Waals surface area contributed by atoms with Crippen molar-refractivity contribution in [1.29, 1.82) is 0 Å². The molecule has 2 aromatic rings. The predicted molar refractivity (Wildman–Crippen MR) is 122 cm³/mol. The maximum atomic E-state index is 12.7. The van der Waals surface area contributed by atoms with Crippen LogP contribution in [0.15, 0.2) is 48.5 Å². The Kier molecular flexibility index (Phi) is 5.56. The summed E-state index contributed by atoms with van der Waals surface area (Å²) in [7, 11) is 0. The number of hydrogen-bond donors (Lipinski definition) is 3. The Balaban J connectivity index is 1.19. The standard InChI is InChI=1S/C26H28N2O5/c29-23(30)10-9-22(24(31)27-14-16-13-26(16)11-12-26)28-25(32)33-15-21-19-7-3-1-5-17(19)18-6-2-4-8-20(18)21/h1-8,16,21-22H,9-15H2,(H,27,31)(H,28,32)(H,29,30). The highest BCUT2D eigenvalue weighted by atomic mass is 16.5. The van der Waals surface area contributed by atoms with E-state index in [1.807, 2.05) is 36.4 Å². The Labute approximate surface area is 192 Å². The van der Waals surface area contributed by atoms with Crippen molar-refractivity contribution >= 4 is 18.0 Å². The van der Waals surface area contributed by atoms with Gasteiger partial charge in [0.15, 0.2) is 0 Å². The number of rotatable bonds is 9. The fourth-order valence-corrected chi connectivity index (χ4v) is 5.16. The predicted octanol–water partition coefficient (Wildman–Crippen LogP) is 3.67. The van der Waals surface area contributed by atoms with E-state index in [4.69, 9.17) is 9.84 Å². The second-order valence-corrected chi connectivity index (χ2v) is 9.46. The van der Waals surface area contributed by atoms with Gasteiger partial charge in [-0.15, -0.1) is 0 Å². The van der Waals surface area contributed by atoms with Crippen molar-refractivity contribution in [2.75, 3.05) is 13.2 Å². The number of hydrogen-bond acceptors (Lipinski definition) is 4. The van der Waals surface area contributed by atoms with Gasteiger partial charge in [0.05, 0.1) is 0 Å². The number of nitrogens with one attached hydrogen (secondary N) is 2. The van der Waals surface area contributed by atoms with Gasteiger partial charge in [0.25, 0.3) is 0 Å². The zero-order valence-corrected chi connectivity index (χ0v) is 18.4. The summed E-state index contributed by atoms with van der Waals surface area (Å²) in [6.07, 6.45) is 2.69. The molecule has 7 nitrogen and oxygen atoms in total. The average molecular weight is 449 g/mol. The van der Waals surface area contributed by atoms with Crippen molar-refractivity contribution in [3.05, 3.63) is 59.7 Å². The topological polar surface area (TPSA) is 105 Å². The molecule has 1 spiro atoms. The van der Waals surface area contributed by atoms with Gasteiger partial charge in [0.2, 0.25) is 5.91 Å². The van der Waals surface area contributed by atoms with E-state index in [1.165, 1.54) is 12.8 Å². The van der Waals surface area contributed by atoms with Crippen molar-refractivity contribution < 1.29 is 24.2 Å². The van der Waals surface area contributed by atoms with Gasteiger partial charge >= 0.3 is 12.1 Å². The van der Waals surface area contributed by atoms with E-state index in [0.29, 0.717) is 17.9 Å². The molecule has 3 N–H and O–H groups in total. The maximum absolute atomic E-state index is 12.7. The summed E-state index contributed by atoms with van der Waals surface area (Å²) in [6.45, 7) is 0.715. The summed E-state index contributed by atoms with van der Waals surface area (Å²) < 4.78 is 5.53. The number of carboxylic acid groups (broad SMARTS) is 1. The highest BCUT2D eigenvalue weighted by molar-refractivity contribution is 5.86. The lowest BCUT2D eigenvalue weighted by Crippen LogP contribution is -2.47. The highest BCUT2D eigenvalue weighted by Crippen LogP contribution is 2.70. The SMILES string of the molecule is O=C(O)CCC(NC(=O)OCC1c2ccccc2-c2ccccc21)C(=O)NCC1CC12CC2. The molecule has 0 aliphatic heterocycles. The second kappa shape index (κ2) is 8.54. The maximum Gasteiger partial charge on any atom is 0.407 e. The summed E-state index contributed by atoms with van der Waals surface area (Å²) in [5.74, 6) is -0.941. The minimum Gasteiger partial charge on any atom is -0.481 e. The summed E-state index contributed by atoms with van der Waals surface area (Å²) in [5, 5.41) is 14.5. The molecule has 2 fully saturated rings. The molecule has 2 saturated carbocycles. The van der Waals surface area contributed by atoms with Gasteiger partial charge in [-0.1, -0.05) is 48.5 Å². The van der Waals surface area contributed by atoms with Crippen LogP contribution in [0.4, 0.5) is 4.79 Å². The summed E-state index contributed by atoms with van der Waals surface area (Å²) in [6, 6.07) is 15.2. The Morgan fingerprint density at radius 3 is 2.24 bits per heavy atom. The Morgan fingerprint density at radius 2 is 1.67 bits per heavy atom. The molecule has 33 heavy (non-hydrogen) atoms. The van der Waals surface area contributed by atoms with Gasteiger partial charge in [0.1, 0.15) is 12.6 Å². The van der Waals surface area contributed by atoms with Crippen LogP contribution >= 0.6 is 0 Å². The van der Waals surface area contributed by atoms with E-state index >= 15 is 0 Å². The number of ether oxygens (including phenoxy) is 1. The number of carbonyl (C=O) groups is 3. The monoisotopic (exact) mass is 448 g/mol. The second-order valence-electron chi connectivity index (χ2n) is 9.46. The Hall–Kier alpha value is -3.35. The molecule has 2 aromatic carbocycles. The van der Waals surface area contributed by atoms with Gasteiger partial charge in [0, 0.05) is 18.9 Å². The van der Waals surface area contributed by atoms with E-state index in [1.54, 1.807) is 0 Å². The third-order valence-electron chi connectivity index (χ3n) is 7.37. The summed E-state index contributed by atoms with van der Waals surface area (Å²) in [5.41, 5.74) is 4.93. The first-order valence-electron chi connectivity index (χ1n) is 11.6. The number of carboxylic acids is 1. The lowest BCUT2D eigenvalue weighted by molar-refractivity contribution is -0.137. The number of carbonyl (C=O) groups excluding carboxylic acids is 2. The molecule has 0 saturated heterocycles. The molecule has 3 aliphatic carbocycles. The largest absolute Gasteiger partial charge is 0.481 e. The van der Waals surface area contributed by atoms with Crippen LogP contribution in [0.3, 0.4) is 0 Å². The first-order valence-corrected chi connectivity index (χ1v) is 11.6. The molecule has 0 radical (unpaired) electrons. The molecule has 0 bridgehead atoms. The number of aliphatic carboxylic acids is 1.